The van der Waals surface area contributed by atoms with Gasteiger partial charge in [0, 0.05) is 0 Å². The molecule has 0 spiro atoms. The number of nitrogen functional groups attached to an aromatic ring is 1. The van der Waals surface area contributed by atoms with E-state index in [1.165, 1.54) is 6.33 Å². The van der Waals surface area contributed by atoms with Crippen molar-refractivity contribution in [3.05, 3.63) is 120 Å². The van der Waals surface area contributed by atoms with Crippen molar-refractivity contribution in [2.45, 2.75) is 44.4 Å². The van der Waals surface area contributed by atoms with Gasteiger partial charge in [0.2, 0.25) is 0 Å². The quantitative estimate of drug-likeness (QED) is 0.259. The molecule has 9 heteroatoms. The van der Waals surface area contributed by atoms with Crippen LogP contribution in [-0.2, 0) is 38.8 Å². The topological polar surface area (TPSA) is 107 Å². The Balaban J connectivity index is 1.29. The third-order valence-corrected chi connectivity index (χ3v) is 6.91. The lowest BCUT2D eigenvalue weighted by Crippen LogP contribution is -2.38. The monoisotopic (exact) mass is 537 g/mol. The fraction of sp³-hybridized carbons (Fsp3) is 0.258. The number of aromatic nitrogens is 4. The van der Waals surface area contributed by atoms with Crippen LogP contribution >= 0.6 is 0 Å². The van der Waals surface area contributed by atoms with E-state index in [9.17, 15) is 0 Å². The van der Waals surface area contributed by atoms with Gasteiger partial charge in [-0.05, 0) is 16.7 Å². The third-order valence-electron chi connectivity index (χ3n) is 6.91. The molecule has 4 atom stereocenters. The minimum absolute atomic E-state index is 0.308. The van der Waals surface area contributed by atoms with Crippen molar-refractivity contribution < 1.29 is 18.9 Å². The number of ether oxygens (including phenoxy) is 4. The van der Waals surface area contributed by atoms with E-state index < -0.39 is 24.5 Å². The van der Waals surface area contributed by atoms with Crippen LogP contribution in [-0.4, -0.2) is 44.4 Å². The Bertz CT molecular complexity index is 1500. The number of fused-ring (bicyclic) bond motifs is 1. The van der Waals surface area contributed by atoms with Crippen molar-refractivity contribution in [2.24, 2.45) is 0 Å². The number of imidazole rings is 1. The molecule has 0 bridgehead atoms. The smallest absolute Gasteiger partial charge is 0.167 e. The predicted molar refractivity (Wildman–Crippen MR) is 150 cm³/mol. The number of anilines is 1. The molecule has 1 saturated heterocycles. The van der Waals surface area contributed by atoms with Gasteiger partial charge in [0.25, 0.3) is 0 Å². The molecule has 9 nitrogen and oxygen atoms in total. The molecule has 0 amide bonds. The first kappa shape index (κ1) is 26.1. The van der Waals surface area contributed by atoms with Crippen molar-refractivity contribution in [3.63, 3.8) is 0 Å². The van der Waals surface area contributed by atoms with Gasteiger partial charge in [0.1, 0.15) is 30.2 Å². The Morgan fingerprint density at radius 2 is 1.27 bits per heavy atom. The lowest BCUT2D eigenvalue weighted by Gasteiger charge is -2.25. The van der Waals surface area contributed by atoms with Gasteiger partial charge in [-0.3, -0.25) is 4.57 Å². The van der Waals surface area contributed by atoms with E-state index in [2.05, 4.69) is 15.0 Å². The van der Waals surface area contributed by atoms with Gasteiger partial charge in [-0.2, -0.15) is 0 Å². The standard InChI is InChI=1S/C31H31N5O4/c32-29-26-30(34-20-33-29)36(21-35-26)31-28(39-18-24-14-8-3-9-15-24)27(38-17-23-12-6-2-7-13-23)25(40-31)19-37-16-22-10-4-1-5-11-22/h1-15,20-21,25,27-28,31H,16-19H2,(H2,32,33,34)/t25-,27+,28+,31-/m1/s1. The second-order valence-corrected chi connectivity index (χ2v) is 9.67. The molecule has 1 aliphatic heterocycles. The second kappa shape index (κ2) is 12.4. The van der Waals surface area contributed by atoms with Gasteiger partial charge < -0.3 is 24.7 Å². The van der Waals surface area contributed by atoms with Gasteiger partial charge in [-0.1, -0.05) is 91.0 Å². The van der Waals surface area contributed by atoms with E-state index in [4.69, 9.17) is 24.7 Å². The van der Waals surface area contributed by atoms with Gasteiger partial charge in [-0.25, -0.2) is 15.0 Å². The number of nitrogens with two attached hydrogens (primary N) is 1. The lowest BCUT2D eigenvalue weighted by atomic mass is 10.1. The molecular formula is C31H31N5O4. The summed E-state index contributed by atoms with van der Waals surface area (Å²) in [6, 6.07) is 30.2. The van der Waals surface area contributed by atoms with Gasteiger partial charge in [0.15, 0.2) is 17.7 Å². The highest BCUT2D eigenvalue weighted by atomic mass is 16.6. The summed E-state index contributed by atoms with van der Waals surface area (Å²) in [5, 5.41) is 0. The molecular weight excluding hydrogens is 506 g/mol. The van der Waals surface area contributed by atoms with E-state index in [0.717, 1.165) is 16.7 Å². The minimum atomic E-state index is -0.575. The largest absolute Gasteiger partial charge is 0.382 e. The van der Waals surface area contributed by atoms with Crippen LogP contribution in [0.1, 0.15) is 22.9 Å². The van der Waals surface area contributed by atoms with E-state index in [-0.39, 0.29) is 0 Å². The molecule has 6 rings (SSSR count). The van der Waals surface area contributed by atoms with E-state index in [0.29, 0.717) is 43.4 Å². The Labute approximate surface area is 232 Å². The molecule has 1 aliphatic rings. The molecule has 40 heavy (non-hydrogen) atoms. The first-order valence-electron chi connectivity index (χ1n) is 13.3. The van der Waals surface area contributed by atoms with Crippen molar-refractivity contribution in [1.82, 2.24) is 19.5 Å². The Hall–Kier alpha value is -4.15. The molecule has 0 radical (unpaired) electrons. The first-order valence-corrected chi connectivity index (χ1v) is 13.3. The number of nitrogens with zero attached hydrogens (tertiary/aromatic N) is 4. The zero-order valence-electron chi connectivity index (χ0n) is 22.0. The number of benzene rings is 3. The highest BCUT2D eigenvalue weighted by molar-refractivity contribution is 5.81. The molecule has 1 fully saturated rings. The number of hydrogen-bond donors (Lipinski definition) is 1. The fourth-order valence-corrected chi connectivity index (χ4v) is 4.90. The van der Waals surface area contributed by atoms with Gasteiger partial charge >= 0.3 is 0 Å². The molecule has 3 aromatic carbocycles. The Kier molecular flexibility index (Phi) is 8.06. The molecule has 2 aromatic heterocycles. The van der Waals surface area contributed by atoms with Crippen LogP contribution in [0.25, 0.3) is 11.2 Å². The maximum absolute atomic E-state index is 6.64. The third kappa shape index (κ3) is 5.88. The number of rotatable bonds is 11. The molecule has 0 unspecified atom stereocenters. The van der Waals surface area contributed by atoms with Crippen LogP contribution in [0, 0.1) is 0 Å². The van der Waals surface area contributed by atoms with Crippen molar-refractivity contribution in [3.8, 4) is 0 Å². The molecule has 204 valence electrons. The van der Waals surface area contributed by atoms with Crippen molar-refractivity contribution in [2.75, 3.05) is 12.3 Å². The minimum Gasteiger partial charge on any atom is -0.382 e. The van der Waals surface area contributed by atoms with E-state index in [1.54, 1.807) is 6.33 Å². The first-order chi connectivity index (χ1) is 19.8. The summed E-state index contributed by atoms with van der Waals surface area (Å²) in [4.78, 5) is 13.0. The van der Waals surface area contributed by atoms with Crippen LogP contribution in [0.5, 0.6) is 0 Å². The Morgan fingerprint density at radius 1 is 0.700 bits per heavy atom. The highest BCUT2D eigenvalue weighted by Crippen LogP contribution is 2.37. The van der Waals surface area contributed by atoms with Crippen molar-refractivity contribution >= 4 is 17.0 Å². The average Bonchev–Trinajstić information content (AvgIpc) is 3.58. The summed E-state index contributed by atoms with van der Waals surface area (Å²) in [6.07, 6.45) is 1.20. The summed E-state index contributed by atoms with van der Waals surface area (Å²) < 4.78 is 27.7. The van der Waals surface area contributed by atoms with Gasteiger partial charge in [0.05, 0.1) is 32.8 Å². The van der Waals surface area contributed by atoms with E-state index in [1.807, 2.05) is 95.6 Å². The Morgan fingerprint density at radius 3 is 1.90 bits per heavy atom. The van der Waals surface area contributed by atoms with Crippen LogP contribution in [0.2, 0.25) is 0 Å². The van der Waals surface area contributed by atoms with Gasteiger partial charge in [-0.15, -0.1) is 0 Å². The highest BCUT2D eigenvalue weighted by Gasteiger charge is 2.48. The summed E-state index contributed by atoms with van der Waals surface area (Å²) in [5.41, 5.74) is 10.4. The van der Waals surface area contributed by atoms with Crippen LogP contribution in [0.3, 0.4) is 0 Å². The second-order valence-electron chi connectivity index (χ2n) is 9.67. The molecule has 5 aromatic rings. The summed E-state index contributed by atoms with van der Waals surface area (Å²) in [7, 11) is 0. The maximum atomic E-state index is 6.64. The summed E-state index contributed by atoms with van der Waals surface area (Å²) in [6.45, 7) is 1.57. The fourth-order valence-electron chi connectivity index (χ4n) is 4.90. The zero-order chi connectivity index (χ0) is 27.1. The molecule has 0 aliphatic carbocycles. The van der Waals surface area contributed by atoms with Crippen molar-refractivity contribution in [1.29, 1.82) is 0 Å². The number of hydrogen-bond acceptors (Lipinski definition) is 8. The van der Waals surface area contributed by atoms with E-state index >= 15 is 0 Å². The average molecular weight is 538 g/mol. The van der Waals surface area contributed by atoms with Crippen LogP contribution in [0.15, 0.2) is 104 Å². The SMILES string of the molecule is Nc1ncnc2c1ncn2[C@@H]1O[C@H](COCc2ccccc2)[C@H](OCc2ccccc2)[C@@H]1OCc1ccccc1. The summed E-state index contributed by atoms with van der Waals surface area (Å²) >= 11 is 0. The molecule has 2 N–H and O–H groups in total. The normalized spacial score (nSPS) is 20.7. The molecule has 3 heterocycles. The zero-order valence-corrected chi connectivity index (χ0v) is 22.0. The maximum Gasteiger partial charge on any atom is 0.167 e. The predicted octanol–water partition coefficient (Wildman–Crippen LogP) is 4.69. The summed E-state index contributed by atoms with van der Waals surface area (Å²) in [5.74, 6) is 0.308. The van der Waals surface area contributed by atoms with Crippen LogP contribution < -0.4 is 5.73 Å². The van der Waals surface area contributed by atoms with Crippen LogP contribution in [0.4, 0.5) is 5.82 Å². The molecule has 0 saturated carbocycles. The lowest BCUT2D eigenvalue weighted by molar-refractivity contribution is -0.0913.